The number of rotatable bonds is 3. The van der Waals surface area contributed by atoms with Crippen molar-refractivity contribution in [3.8, 4) is 0 Å². The molecule has 0 unspecified atom stereocenters. The van der Waals surface area contributed by atoms with Crippen molar-refractivity contribution in [2.45, 2.75) is 13.3 Å². The van der Waals surface area contributed by atoms with Crippen molar-refractivity contribution in [1.82, 2.24) is 20.2 Å². The third-order valence-electron chi connectivity index (χ3n) is 2.88. The smallest absolute Gasteiger partial charge is 0.226 e. The minimum absolute atomic E-state index is 0.186. The second kappa shape index (κ2) is 4.85. The second-order valence-electron chi connectivity index (χ2n) is 4.15. The molecule has 3 rings (SSSR count). The van der Waals surface area contributed by atoms with Crippen LogP contribution in [0.5, 0.6) is 0 Å². The van der Waals surface area contributed by atoms with E-state index in [-0.39, 0.29) is 5.28 Å². The molecular weight excluding hydrogens is 262 g/mol. The molecule has 96 valence electrons. The van der Waals surface area contributed by atoms with Gasteiger partial charge >= 0.3 is 0 Å². The van der Waals surface area contributed by atoms with Gasteiger partial charge in [0.05, 0.1) is 11.6 Å². The molecule has 19 heavy (non-hydrogen) atoms. The van der Waals surface area contributed by atoms with Gasteiger partial charge in [-0.05, 0) is 35.7 Å². The van der Waals surface area contributed by atoms with E-state index in [1.54, 1.807) is 6.20 Å². The molecule has 0 bridgehead atoms. The van der Waals surface area contributed by atoms with E-state index in [9.17, 15) is 0 Å². The average molecular weight is 274 g/mol. The van der Waals surface area contributed by atoms with E-state index in [2.05, 4.69) is 44.5 Å². The molecule has 5 nitrogen and oxygen atoms in total. The molecular formula is C13H12ClN5. The van der Waals surface area contributed by atoms with Crippen molar-refractivity contribution in [1.29, 1.82) is 0 Å². The van der Waals surface area contributed by atoms with Crippen LogP contribution in [0.3, 0.4) is 0 Å². The zero-order chi connectivity index (χ0) is 13.2. The zero-order valence-electron chi connectivity index (χ0n) is 10.3. The minimum Gasteiger partial charge on any atom is -0.339 e. The van der Waals surface area contributed by atoms with Crippen LogP contribution in [0.15, 0.2) is 30.5 Å². The number of aromatic amines is 1. The lowest BCUT2D eigenvalue weighted by Gasteiger charge is -2.08. The molecule has 0 saturated heterocycles. The van der Waals surface area contributed by atoms with E-state index in [4.69, 9.17) is 11.6 Å². The Bertz CT molecular complexity index is 722. The predicted molar refractivity (Wildman–Crippen MR) is 75.8 cm³/mol. The fraction of sp³-hybridized carbons (Fsp3) is 0.154. The van der Waals surface area contributed by atoms with Crippen LogP contribution in [0, 0.1) is 0 Å². The zero-order valence-corrected chi connectivity index (χ0v) is 11.1. The number of hydrogen-bond acceptors (Lipinski definition) is 4. The molecule has 6 heteroatoms. The molecule has 0 aliphatic rings. The van der Waals surface area contributed by atoms with Gasteiger partial charge in [-0.3, -0.25) is 5.10 Å². The first-order valence-corrected chi connectivity index (χ1v) is 6.36. The number of aryl methyl sites for hydroxylation is 1. The van der Waals surface area contributed by atoms with Crippen LogP contribution in [0.2, 0.25) is 5.28 Å². The Morgan fingerprint density at radius 2 is 2.21 bits per heavy atom. The molecule has 0 amide bonds. The molecule has 0 aliphatic carbocycles. The van der Waals surface area contributed by atoms with Crippen LogP contribution in [0.4, 0.5) is 11.5 Å². The van der Waals surface area contributed by atoms with Gasteiger partial charge in [-0.1, -0.05) is 19.1 Å². The maximum absolute atomic E-state index is 5.90. The molecule has 0 fully saturated rings. The van der Waals surface area contributed by atoms with Crippen LogP contribution in [0.1, 0.15) is 12.5 Å². The molecule has 3 aromatic rings. The van der Waals surface area contributed by atoms with Crippen molar-refractivity contribution >= 4 is 34.1 Å². The summed E-state index contributed by atoms with van der Waals surface area (Å²) in [6, 6.07) is 8.17. The maximum Gasteiger partial charge on any atom is 0.226 e. The monoisotopic (exact) mass is 273 g/mol. The molecule has 2 aromatic heterocycles. The highest BCUT2D eigenvalue weighted by atomic mass is 35.5. The summed E-state index contributed by atoms with van der Waals surface area (Å²) >= 11 is 5.90. The van der Waals surface area contributed by atoms with E-state index in [1.807, 2.05) is 12.1 Å². The van der Waals surface area contributed by atoms with Crippen molar-refractivity contribution in [3.05, 3.63) is 41.3 Å². The van der Waals surface area contributed by atoms with E-state index in [0.717, 1.165) is 17.5 Å². The lowest BCUT2D eigenvalue weighted by Crippen LogP contribution is -1.97. The maximum atomic E-state index is 5.90. The van der Waals surface area contributed by atoms with Gasteiger partial charge in [0.2, 0.25) is 5.28 Å². The number of H-pyrrole nitrogens is 1. The Balaban J connectivity index is 2.02. The standard InChI is InChI=1S/C13H12ClN5/c1-2-8-4-3-5-9(6-8)16-11-10-7-15-19-12(10)18-13(14)17-11/h3-7H,2H2,1H3,(H2,15,16,17,18,19). The van der Waals surface area contributed by atoms with Gasteiger partial charge in [0, 0.05) is 5.69 Å². The lowest BCUT2D eigenvalue weighted by atomic mass is 10.1. The van der Waals surface area contributed by atoms with E-state index < -0.39 is 0 Å². The molecule has 2 heterocycles. The Hall–Kier alpha value is -2.14. The summed E-state index contributed by atoms with van der Waals surface area (Å²) in [5.41, 5.74) is 2.85. The van der Waals surface area contributed by atoms with Crippen LogP contribution in [0.25, 0.3) is 11.0 Å². The van der Waals surface area contributed by atoms with Crippen LogP contribution in [-0.4, -0.2) is 20.2 Å². The van der Waals surface area contributed by atoms with Crippen molar-refractivity contribution < 1.29 is 0 Å². The summed E-state index contributed by atoms with van der Waals surface area (Å²) in [5, 5.41) is 11.0. The highest BCUT2D eigenvalue weighted by Gasteiger charge is 2.08. The number of fused-ring (bicyclic) bond motifs is 1. The van der Waals surface area contributed by atoms with Crippen LogP contribution < -0.4 is 5.32 Å². The first-order chi connectivity index (χ1) is 9.26. The molecule has 0 aliphatic heterocycles. The Labute approximate surface area is 115 Å². The number of anilines is 2. The highest BCUT2D eigenvalue weighted by molar-refractivity contribution is 6.28. The molecule has 0 atom stereocenters. The van der Waals surface area contributed by atoms with Crippen LogP contribution in [-0.2, 0) is 6.42 Å². The van der Waals surface area contributed by atoms with Gasteiger partial charge in [-0.2, -0.15) is 15.1 Å². The molecule has 0 spiro atoms. The van der Waals surface area contributed by atoms with Gasteiger partial charge < -0.3 is 5.32 Å². The number of nitrogens with one attached hydrogen (secondary N) is 2. The third kappa shape index (κ3) is 2.37. The summed E-state index contributed by atoms with van der Waals surface area (Å²) in [4.78, 5) is 8.28. The van der Waals surface area contributed by atoms with Gasteiger partial charge in [-0.25, -0.2) is 0 Å². The SMILES string of the molecule is CCc1cccc(Nc2nc(Cl)nc3[nH]ncc23)c1. The van der Waals surface area contributed by atoms with E-state index in [1.165, 1.54) is 5.56 Å². The van der Waals surface area contributed by atoms with Crippen LogP contribution >= 0.6 is 11.6 Å². The summed E-state index contributed by atoms with van der Waals surface area (Å²) in [7, 11) is 0. The number of aromatic nitrogens is 4. The Kier molecular flexibility index (Phi) is 3.05. The largest absolute Gasteiger partial charge is 0.339 e. The average Bonchev–Trinajstić information content (AvgIpc) is 2.87. The fourth-order valence-corrected chi connectivity index (χ4v) is 2.08. The number of benzene rings is 1. The third-order valence-corrected chi connectivity index (χ3v) is 3.05. The predicted octanol–water partition coefficient (Wildman–Crippen LogP) is 3.31. The number of nitrogens with zero attached hydrogens (tertiary/aromatic N) is 3. The lowest BCUT2D eigenvalue weighted by molar-refractivity contribution is 1.09. The van der Waals surface area contributed by atoms with Gasteiger partial charge in [-0.15, -0.1) is 0 Å². The molecule has 1 aromatic carbocycles. The first kappa shape index (κ1) is 11.9. The van der Waals surface area contributed by atoms with E-state index in [0.29, 0.717) is 11.5 Å². The molecule has 2 N–H and O–H groups in total. The summed E-state index contributed by atoms with van der Waals surface area (Å²) in [5.74, 6) is 0.650. The van der Waals surface area contributed by atoms with Crippen molar-refractivity contribution in [2.24, 2.45) is 0 Å². The first-order valence-electron chi connectivity index (χ1n) is 5.99. The van der Waals surface area contributed by atoms with Crippen molar-refractivity contribution in [2.75, 3.05) is 5.32 Å². The number of hydrogen-bond donors (Lipinski definition) is 2. The number of halogens is 1. The summed E-state index contributed by atoms with van der Waals surface area (Å²) in [6.45, 7) is 2.12. The quantitative estimate of drug-likeness (QED) is 0.719. The molecule has 0 saturated carbocycles. The Morgan fingerprint density at radius 1 is 1.32 bits per heavy atom. The fourth-order valence-electron chi connectivity index (χ4n) is 1.91. The summed E-state index contributed by atoms with van der Waals surface area (Å²) in [6.07, 6.45) is 2.67. The normalized spacial score (nSPS) is 10.8. The highest BCUT2D eigenvalue weighted by Crippen LogP contribution is 2.24. The van der Waals surface area contributed by atoms with Gasteiger partial charge in [0.15, 0.2) is 5.65 Å². The minimum atomic E-state index is 0.186. The van der Waals surface area contributed by atoms with Crippen molar-refractivity contribution in [3.63, 3.8) is 0 Å². The Morgan fingerprint density at radius 3 is 3.05 bits per heavy atom. The molecule has 0 radical (unpaired) electrons. The summed E-state index contributed by atoms with van der Waals surface area (Å²) < 4.78 is 0. The van der Waals surface area contributed by atoms with E-state index >= 15 is 0 Å². The second-order valence-corrected chi connectivity index (χ2v) is 4.49. The topological polar surface area (TPSA) is 66.5 Å². The van der Waals surface area contributed by atoms with Gasteiger partial charge in [0.25, 0.3) is 0 Å². The van der Waals surface area contributed by atoms with Gasteiger partial charge in [0.1, 0.15) is 5.82 Å².